The van der Waals surface area contributed by atoms with Crippen molar-refractivity contribution in [3.63, 3.8) is 0 Å². The third-order valence-electron chi connectivity index (χ3n) is 4.83. The molecule has 22 heavy (non-hydrogen) atoms. The molecule has 4 rings (SSSR count). The van der Waals surface area contributed by atoms with Crippen molar-refractivity contribution in [2.24, 2.45) is 4.99 Å². The summed E-state index contributed by atoms with van der Waals surface area (Å²) in [6, 6.07) is 8.76. The maximum Gasteiger partial charge on any atom is 0.205 e. The van der Waals surface area contributed by atoms with Gasteiger partial charge < -0.3 is 27.1 Å². The van der Waals surface area contributed by atoms with Crippen LogP contribution in [-0.4, -0.2) is 50.1 Å². The first kappa shape index (κ1) is 15.6. The maximum atomic E-state index is 4.80. The number of fused-ring (bicyclic) bond motifs is 3. The summed E-state index contributed by atoms with van der Waals surface area (Å²) in [5.41, 5.74) is 2.68. The van der Waals surface area contributed by atoms with Gasteiger partial charge in [0, 0.05) is 26.2 Å². The molecule has 120 valence electrons. The second-order valence-electron chi connectivity index (χ2n) is 6.23. The predicted molar refractivity (Wildman–Crippen MR) is 88.3 cm³/mol. The van der Waals surface area contributed by atoms with Crippen LogP contribution in [0.1, 0.15) is 25.7 Å². The Morgan fingerprint density at radius 1 is 0.864 bits per heavy atom. The van der Waals surface area contributed by atoms with E-state index in [0.717, 1.165) is 32.6 Å². The van der Waals surface area contributed by atoms with Gasteiger partial charge in [-0.1, -0.05) is 18.6 Å². The number of anilines is 2. The van der Waals surface area contributed by atoms with Gasteiger partial charge in [-0.15, -0.1) is 0 Å². The fourth-order valence-electron chi connectivity index (χ4n) is 3.73. The van der Waals surface area contributed by atoms with Crippen LogP contribution in [0.5, 0.6) is 0 Å². The van der Waals surface area contributed by atoms with Gasteiger partial charge in [-0.3, -0.25) is 4.99 Å². The SMILES string of the molecule is [Cl-].c1ccc2c(c1)N1CCCN=C1N2CCN1CCCCC1. The van der Waals surface area contributed by atoms with Crippen LogP contribution in [0.2, 0.25) is 0 Å². The van der Waals surface area contributed by atoms with Gasteiger partial charge in [-0.2, -0.15) is 0 Å². The molecule has 0 N–H and O–H groups in total. The van der Waals surface area contributed by atoms with E-state index in [2.05, 4.69) is 39.0 Å². The van der Waals surface area contributed by atoms with Crippen LogP contribution in [0.4, 0.5) is 11.4 Å². The normalized spacial score (nSPS) is 21.0. The molecular formula is C17H24ClN4-. The molecule has 0 aromatic heterocycles. The molecular weight excluding hydrogens is 296 g/mol. The summed E-state index contributed by atoms with van der Waals surface area (Å²) in [7, 11) is 0. The van der Waals surface area contributed by atoms with Crippen molar-refractivity contribution in [3.05, 3.63) is 24.3 Å². The largest absolute Gasteiger partial charge is 1.00 e. The van der Waals surface area contributed by atoms with Gasteiger partial charge in [0.15, 0.2) is 0 Å². The average molecular weight is 320 g/mol. The second-order valence-corrected chi connectivity index (χ2v) is 6.23. The molecule has 0 spiro atoms. The standard InChI is InChI=1S/C17H24N4.ClH/c1-4-10-19(11-5-1)13-14-21-16-8-3-2-7-15(16)20-12-6-9-18-17(20)21;/h2-3,7-8H,1,4-6,9-14H2;1H/p-1. The van der Waals surface area contributed by atoms with Crippen molar-refractivity contribution in [2.75, 3.05) is 49.1 Å². The fourth-order valence-corrected chi connectivity index (χ4v) is 3.73. The van der Waals surface area contributed by atoms with Crippen molar-refractivity contribution < 1.29 is 12.4 Å². The van der Waals surface area contributed by atoms with E-state index in [1.54, 1.807) is 0 Å². The summed E-state index contributed by atoms with van der Waals surface area (Å²) in [6.45, 7) is 6.83. The molecule has 0 radical (unpaired) electrons. The Morgan fingerprint density at radius 2 is 1.64 bits per heavy atom. The molecule has 3 heterocycles. The Kier molecular flexibility index (Phi) is 4.89. The second kappa shape index (κ2) is 6.88. The number of benzene rings is 1. The van der Waals surface area contributed by atoms with Gasteiger partial charge in [-0.25, -0.2) is 0 Å². The quantitative estimate of drug-likeness (QED) is 0.754. The Hall–Kier alpha value is -1.26. The van der Waals surface area contributed by atoms with Crippen LogP contribution in [0.3, 0.4) is 0 Å². The van der Waals surface area contributed by atoms with Crippen molar-refractivity contribution in [1.82, 2.24) is 4.90 Å². The zero-order chi connectivity index (χ0) is 14.1. The number of halogens is 1. The number of para-hydroxylation sites is 2. The summed E-state index contributed by atoms with van der Waals surface area (Å²) < 4.78 is 0. The zero-order valence-electron chi connectivity index (χ0n) is 13.0. The molecule has 1 fully saturated rings. The molecule has 4 nitrogen and oxygen atoms in total. The van der Waals surface area contributed by atoms with E-state index < -0.39 is 0 Å². The zero-order valence-corrected chi connectivity index (χ0v) is 13.8. The molecule has 0 saturated carbocycles. The Labute approximate surface area is 139 Å². The number of piperidine rings is 1. The number of nitrogens with zero attached hydrogens (tertiary/aromatic N) is 4. The molecule has 3 aliphatic rings. The summed E-state index contributed by atoms with van der Waals surface area (Å²) in [4.78, 5) is 12.2. The molecule has 0 aliphatic carbocycles. The highest BCUT2D eigenvalue weighted by Crippen LogP contribution is 2.37. The van der Waals surface area contributed by atoms with E-state index in [1.807, 2.05) is 0 Å². The molecule has 0 atom stereocenters. The third kappa shape index (κ3) is 2.82. The van der Waals surface area contributed by atoms with E-state index >= 15 is 0 Å². The monoisotopic (exact) mass is 319 g/mol. The molecule has 1 aromatic carbocycles. The molecule has 0 amide bonds. The van der Waals surface area contributed by atoms with Gasteiger partial charge in [-0.05, 0) is 44.5 Å². The van der Waals surface area contributed by atoms with Crippen LogP contribution in [0, 0.1) is 0 Å². The third-order valence-corrected chi connectivity index (χ3v) is 4.83. The maximum absolute atomic E-state index is 4.80. The van der Waals surface area contributed by atoms with Crippen molar-refractivity contribution in [1.29, 1.82) is 0 Å². The number of likely N-dealkylation sites (tertiary alicyclic amines) is 1. The lowest BCUT2D eigenvalue weighted by Gasteiger charge is -2.30. The van der Waals surface area contributed by atoms with E-state index in [0.29, 0.717) is 0 Å². The number of hydrogen-bond acceptors (Lipinski definition) is 4. The van der Waals surface area contributed by atoms with E-state index in [1.165, 1.54) is 49.7 Å². The van der Waals surface area contributed by atoms with Gasteiger partial charge in [0.05, 0.1) is 11.4 Å². The van der Waals surface area contributed by atoms with Gasteiger partial charge in [0.1, 0.15) is 0 Å². The first-order chi connectivity index (χ1) is 10.4. The summed E-state index contributed by atoms with van der Waals surface area (Å²) in [5, 5.41) is 0. The smallest absolute Gasteiger partial charge is 0.205 e. The fraction of sp³-hybridized carbons (Fsp3) is 0.588. The van der Waals surface area contributed by atoms with Crippen LogP contribution in [0.25, 0.3) is 0 Å². The van der Waals surface area contributed by atoms with Crippen LogP contribution in [0.15, 0.2) is 29.3 Å². The molecule has 3 aliphatic heterocycles. The minimum atomic E-state index is 0. The van der Waals surface area contributed by atoms with Crippen LogP contribution in [-0.2, 0) is 0 Å². The molecule has 1 saturated heterocycles. The van der Waals surface area contributed by atoms with E-state index in [-0.39, 0.29) is 12.4 Å². The van der Waals surface area contributed by atoms with Crippen LogP contribution >= 0.6 is 0 Å². The molecule has 1 aromatic rings. The highest BCUT2D eigenvalue weighted by atomic mass is 35.5. The van der Waals surface area contributed by atoms with Crippen molar-refractivity contribution in [2.45, 2.75) is 25.7 Å². The lowest BCUT2D eigenvalue weighted by Crippen LogP contribution is -3.00. The Morgan fingerprint density at radius 3 is 2.45 bits per heavy atom. The number of aliphatic imine (C=N–C) groups is 1. The highest BCUT2D eigenvalue weighted by Gasteiger charge is 2.33. The molecule has 0 bridgehead atoms. The van der Waals surface area contributed by atoms with Gasteiger partial charge in [0.2, 0.25) is 5.96 Å². The van der Waals surface area contributed by atoms with Gasteiger partial charge >= 0.3 is 0 Å². The highest BCUT2D eigenvalue weighted by molar-refractivity contribution is 6.16. The van der Waals surface area contributed by atoms with Crippen molar-refractivity contribution in [3.8, 4) is 0 Å². The number of rotatable bonds is 3. The van der Waals surface area contributed by atoms with E-state index in [9.17, 15) is 0 Å². The topological polar surface area (TPSA) is 22.1 Å². The minimum absolute atomic E-state index is 0. The summed E-state index contributed by atoms with van der Waals surface area (Å²) in [5.74, 6) is 1.18. The number of hydrogen-bond donors (Lipinski definition) is 0. The Balaban J connectivity index is 0.00000144. The summed E-state index contributed by atoms with van der Waals surface area (Å²) >= 11 is 0. The summed E-state index contributed by atoms with van der Waals surface area (Å²) in [6.07, 6.45) is 5.30. The lowest BCUT2D eigenvalue weighted by atomic mass is 10.1. The molecule has 5 heteroatoms. The first-order valence-electron chi connectivity index (χ1n) is 8.34. The minimum Gasteiger partial charge on any atom is -1.00 e. The predicted octanol–water partition coefficient (Wildman–Crippen LogP) is -0.437. The lowest BCUT2D eigenvalue weighted by molar-refractivity contribution is -0.00000421. The Bertz CT molecular complexity index is 539. The van der Waals surface area contributed by atoms with E-state index in [4.69, 9.17) is 4.99 Å². The average Bonchev–Trinajstić information content (AvgIpc) is 2.88. The van der Waals surface area contributed by atoms with Gasteiger partial charge in [0.25, 0.3) is 0 Å². The number of guanidine groups is 1. The van der Waals surface area contributed by atoms with Crippen LogP contribution < -0.4 is 22.2 Å². The van der Waals surface area contributed by atoms with Crippen molar-refractivity contribution >= 4 is 17.3 Å². The molecule has 0 unspecified atom stereocenters. The first-order valence-corrected chi connectivity index (χ1v) is 8.34.